The summed E-state index contributed by atoms with van der Waals surface area (Å²) in [5.74, 6) is -2.53. The monoisotopic (exact) mass is 445 g/mol. The lowest BCUT2D eigenvalue weighted by Crippen LogP contribution is -2.44. The third-order valence-corrected chi connectivity index (χ3v) is 5.13. The number of alkyl halides is 3. The van der Waals surface area contributed by atoms with Crippen LogP contribution in [0.2, 0.25) is 0 Å². The highest BCUT2D eigenvalue weighted by Crippen LogP contribution is 2.34. The van der Waals surface area contributed by atoms with Crippen molar-refractivity contribution in [2.45, 2.75) is 52.0 Å². The molecule has 0 unspecified atom stereocenters. The van der Waals surface area contributed by atoms with E-state index in [2.05, 4.69) is 18.1 Å². The first-order valence-corrected chi connectivity index (χ1v) is 10.8. The lowest BCUT2D eigenvalue weighted by Gasteiger charge is -2.26. The number of amides is 2. The van der Waals surface area contributed by atoms with Crippen molar-refractivity contribution in [3.63, 3.8) is 0 Å². The van der Waals surface area contributed by atoms with E-state index >= 15 is 0 Å². The predicted molar refractivity (Wildman–Crippen MR) is 105 cm³/mol. The Balaban J connectivity index is 0.00000101. The molecule has 0 radical (unpaired) electrons. The van der Waals surface area contributed by atoms with Gasteiger partial charge in [0, 0.05) is 5.39 Å². The number of hydrogen-bond donors (Lipinski definition) is 0. The molecule has 0 spiro atoms. The molecule has 6 nitrogen and oxygen atoms in total. The maximum Gasteiger partial charge on any atom is 0.525 e. The summed E-state index contributed by atoms with van der Waals surface area (Å²) >= 11 is 0. The van der Waals surface area contributed by atoms with Crippen molar-refractivity contribution < 1.29 is 35.5 Å². The lowest BCUT2D eigenvalue weighted by atomic mass is 9.90. The van der Waals surface area contributed by atoms with Crippen molar-refractivity contribution in [1.82, 2.24) is 5.06 Å². The molecule has 0 bridgehead atoms. The average Bonchev–Trinajstić information content (AvgIpc) is 2.67. The molecule has 0 aliphatic carbocycles. The van der Waals surface area contributed by atoms with Gasteiger partial charge < -0.3 is 0 Å². The molecule has 0 aromatic heterocycles. The Kier molecular flexibility index (Phi) is 7.25. The third kappa shape index (κ3) is 4.49. The molecule has 3 rings (SSSR count). The fraction of sp³-hybridized carbons (Fsp3) is 0.400. The van der Waals surface area contributed by atoms with Gasteiger partial charge >= 0.3 is 15.6 Å². The minimum Gasteiger partial charge on any atom is -0.266 e. The van der Waals surface area contributed by atoms with Crippen molar-refractivity contribution in [1.29, 1.82) is 0 Å². The molecule has 0 fully saturated rings. The zero-order chi connectivity index (χ0) is 22.7. The first-order valence-electron chi connectivity index (χ1n) is 9.44. The predicted octanol–water partition coefficient (Wildman–Crippen LogP) is 4.98. The summed E-state index contributed by atoms with van der Waals surface area (Å²) in [6.07, 6.45) is 3.75. The topological polar surface area (TPSA) is 80.8 Å². The van der Waals surface area contributed by atoms with Gasteiger partial charge in [0.25, 0.3) is 11.8 Å². The minimum absolute atomic E-state index is 0.0992. The largest absolute Gasteiger partial charge is 0.525 e. The standard InChI is InChI=1S/C17H14F3NO5S.C3H8/c1-2-3-5-10-8-9-13-14-11(10)6-4-7-12(14)15(22)21(16(13)23)26-27(24,25)17(18,19)20;1-3-2/h4,6-9H,2-3,5H2,1H3;3H2,1-2H3. The van der Waals surface area contributed by atoms with E-state index in [0.29, 0.717) is 11.8 Å². The molecule has 2 aromatic carbocycles. The molecule has 0 atom stereocenters. The molecule has 0 saturated carbocycles. The van der Waals surface area contributed by atoms with E-state index in [0.717, 1.165) is 18.4 Å². The Morgan fingerprint density at radius 2 is 1.53 bits per heavy atom. The normalized spacial score (nSPS) is 14.0. The maximum atomic E-state index is 12.6. The summed E-state index contributed by atoms with van der Waals surface area (Å²) in [7, 11) is -6.17. The molecule has 164 valence electrons. The van der Waals surface area contributed by atoms with Gasteiger partial charge in [-0.25, -0.2) is 0 Å². The first kappa shape index (κ1) is 23.8. The molecule has 2 aromatic rings. The summed E-state index contributed by atoms with van der Waals surface area (Å²) < 4.78 is 64.1. The van der Waals surface area contributed by atoms with Crippen molar-refractivity contribution in [3.05, 3.63) is 47.0 Å². The van der Waals surface area contributed by atoms with E-state index in [4.69, 9.17) is 0 Å². The molecular weight excluding hydrogens is 423 g/mol. The number of carbonyl (C=O) groups excluding carboxylic acids is 2. The van der Waals surface area contributed by atoms with Gasteiger partial charge in [0.1, 0.15) is 0 Å². The van der Waals surface area contributed by atoms with Crippen LogP contribution in [0.3, 0.4) is 0 Å². The van der Waals surface area contributed by atoms with E-state index in [1.54, 1.807) is 12.1 Å². The van der Waals surface area contributed by atoms with Crippen LogP contribution in [0.1, 0.15) is 66.3 Å². The second-order valence-corrected chi connectivity index (χ2v) is 8.21. The fourth-order valence-corrected chi connectivity index (χ4v) is 3.34. The number of benzene rings is 2. The average molecular weight is 445 g/mol. The molecule has 1 aliphatic heterocycles. The molecule has 1 heterocycles. The van der Waals surface area contributed by atoms with Crippen molar-refractivity contribution in [2.24, 2.45) is 0 Å². The first-order chi connectivity index (χ1) is 14.0. The van der Waals surface area contributed by atoms with Gasteiger partial charge in [-0.3, -0.25) is 9.59 Å². The minimum atomic E-state index is -6.17. The van der Waals surface area contributed by atoms with Crippen molar-refractivity contribution in [3.8, 4) is 0 Å². The summed E-state index contributed by atoms with van der Waals surface area (Å²) in [5.41, 5.74) is -5.09. The highest BCUT2D eigenvalue weighted by atomic mass is 32.2. The van der Waals surface area contributed by atoms with Crippen molar-refractivity contribution >= 4 is 32.7 Å². The van der Waals surface area contributed by atoms with Gasteiger partial charge in [0.15, 0.2) is 0 Å². The number of halogens is 3. The lowest BCUT2D eigenvalue weighted by molar-refractivity contribution is -0.0761. The number of hydrogen-bond acceptors (Lipinski definition) is 5. The van der Waals surface area contributed by atoms with E-state index in [1.165, 1.54) is 24.6 Å². The Hall–Kier alpha value is -2.46. The molecule has 0 saturated heterocycles. The van der Waals surface area contributed by atoms with Gasteiger partial charge in [-0.1, -0.05) is 51.8 Å². The van der Waals surface area contributed by atoms with Crippen LogP contribution in [0.25, 0.3) is 10.8 Å². The van der Waals surface area contributed by atoms with Crippen LogP contribution in [0.4, 0.5) is 13.2 Å². The number of aryl methyl sites for hydroxylation is 1. The quantitative estimate of drug-likeness (QED) is 0.479. The van der Waals surface area contributed by atoms with Crippen LogP contribution in [0.5, 0.6) is 0 Å². The van der Waals surface area contributed by atoms with E-state index < -0.39 is 27.4 Å². The van der Waals surface area contributed by atoms with Crippen LogP contribution >= 0.6 is 0 Å². The highest BCUT2D eigenvalue weighted by Gasteiger charge is 2.51. The molecular formula is C20H22F3NO5S. The second kappa shape index (κ2) is 9.13. The third-order valence-electron chi connectivity index (χ3n) is 4.22. The Morgan fingerprint density at radius 3 is 2.07 bits per heavy atom. The van der Waals surface area contributed by atoms with Crippen molar-refractivity contribution in [2.75, 3.05) is 0 Å². The zero-order valence-electron chi connectivity index (χ0n) is 16.7. The highest BCUT2D eigenvalue weighted by molar-refractivity contribution is 7.87. The van der Waals surface area contributed by atoms with Gasteiger partial charge in [0.2, 0.25) is 0 Å². The van der Waals surface area contributed by atoms with E-state index in [1.807, 2.05) is 6.92 Å². The summed E-state index contributed by atoms with van der Waals surface area (Å²) in [6, 6.07) is 7.53. The second-order valence-electron chi connectivity index (χ2n) is 6.69. The Bertz CT molecular complexity index is 1040. The molecule has 1 aliphatic rings. The van der Waals surface area contributed by atoms with E-state index in [9.17, 15) is 31.2 Å². The summed E-state index contributed by atoms with van der Waals surface area (Å²) in [6.45, 7) is 6.26. The molecule has 30 heavy (non-hydrogen) atoms. The van der Waals surface area contributed by atoms with Gasteiger partial charge in [-0.05, 0) is 35.9 Å². The molecule has 0 N–H and O–H groups in total. The summed E-state index contributed by atoms with van der Waals surface area (Å²) in [5, 5.41) is 0.551. The number of rotatable bonds is 5. The van der Waals surface area contributed by atoms with Crippen LogP contribution in [0.15, 0.2) is 30.3 Å². The zero-order valence-corrected chi connectivity index (χ0v) is 17.6. The number of imide groups is 1. The number of carbonyl (C=O) groups is 2. The van der Waals surface area contributed by atoms with Crippen LogP contribution in [-0.4, -0.2) is 30.8 Å². The van der Waals surface area contributed by atoms with E-state index in [-0.39, 0.29) is 21.6 Å². The number of unbranched alkanes of at least 4 members (excludes halogenated alkanes) is 1. The SMILES string of the molecule is CCC.CCCCc1ccc2c3c(cccc13)C(=O)N(OS(=O)(=O)C(F)(F)F)C2=O. The number of hydroxylamine groups is 2. The van der Waals surface area contributed by atoms with Crippen LogP contribution in [-0.2, 0) is 20.8 Å². The Morgan fingerprint density at radius 1 is 0.967 bits per heavy atom. The smallest absolute Gasteiger partial charge is 0.266 e. The molecule has 10 heteroatoms. The van der Waals surface area contributed by atoms with Crippen LogP contribution < -0.4 is 0 Å². The molecule has 2 amide bonds. The van der Waals surface area contributed by atoms with Gasteiger partial charge in [-0.2, -0.15) is 21.6 Å². The number of nitrogens with zero attached hydrogens (tertiary/aromatic N) is 1. The fourth-order valence-electron chi connectivity index (χ4n) is 2.93. The van der Waals surface area contributed by atoms with Gasteiger partial charge in [0.05, 0.1) is 11.1 Å². The van der Waals surface area contributed by atoms with Gasteiger partial charge in [-0.15, -0.1) is 9.35 Å². The van der Waals surface area contributed by atoms with Crippen LogP contribution in [0, 0.1) is 0 Å². The summed E-state index contributed by atoms with van der Waals surface area (Å²) in [4.78, 5) is 25.0. The Labute approximate surface area is 172 Å². The maximum absolute atomic E-state index is 12.6.